The SMILES string of the molecule is Cc1cc(C)c(C)c(S(=O)(=O)N2CCC(C(=O)Nc3ccc(N4CCCC4)nc3)CC2)c1C. The molecular formula is C25H34N4O3S. The highest BCUT2D eigenvalue weighted by Crippen LogP contribution is 2.31. The molecule has 178 valence electrons. The molecule has 1 amide bonds. The molecule has 2 aromatic rings. The van der Waals surface area contributed by atoms with Crippen molar-refractivity contribution in [3.05, 3.63) is 46.6 Å². The Hall–Kier alpha value is -2.45. The predicted octanol–water partition coefficient (Wildman–Crippen LogP) is 3.95. The topological polar surface area (TPSA) is 82.6 Å². The number of aryl methyl sites for hydroxylation is 2. The molecule has 2 saturated heterocycles. The zero-order valence-corrected chi connectivity index (χ0v) is 20.8. The van der Waals surface area contributed by atoms with Crippen LogP contribution in [0.15, 0.2) is 29.3 Å². The first-order chi connectivity index (χ1) is 15.7. The van der Waals surface area contributed by atoms with Crippen molar-refractivity contribution in [3.63, 3.8) is 0 Å². The number of pyridine rings is 1. The van der Waals surface area contributed by atoms with Crippen LogP contribution in [0.3, 0.4) is 0 Å². The summed E-state index contributed by atoms with van der Waals surface area (Å²) < 4.78 is 28.4. The Labute approximate surface area is 197 Å². The molecular weight excluding hydrogens is 436 g/mol. The zero-order chi connectivity index (χ0) is 23.8. The Morgan fingerprint density at radius 1 is 0.970 bits per heavy atom. The quantitative estimate of drug-likeness (QED) is 0.715. The van der Waals surface area contributed by atoms with Crippen molar-refractivity contribution >= 4 is 27.4 Å². The summed E-state index contributed by atoms with van der Waals surface area (Å²) in [4.78, 5) is 20.0. The van der Waals surface area contributed by atoms with Crippen LogP contribution >= 0.6 is 0 Å². The molecule has 1 N–H and O–H groups in total. The second kappa shape index (κ2) is 9.43. The Morgan fingerprint density at radius 2 is 1.58 bits per heavy atom. The lowest BCUT2D eigenvalue weighted by Crippen LogP contribution is -2.41. The molecule has 1 aromatic heterocycles. The van der Waals surface area contributed by atoms with Gasteiger partial charge in [-0.3, -0.25) is 4.79 Å². The predicted molar refractivity (Wildman–Crippen MR) is 131 cm³/mol. The third kappa shape index (κ3) is 4.77. The van der Waals surface area contributed by atoms with E-state index in [1.54, 1.807) is 6.20 Å². The van der Waals surface area contributed by atoms with Crippen molar-refractivity contribution in [2.75, 3.05) is 36.4 Å². The van der Waals surface area contributed by atoms with Crippen LogP contribution in [0.1, 0.15) is 47.9 Å². The van der Waals surface area contributed by atoms with Crippen molar-refractivity contribution in [2.24, 2.45) is 5.92 Å². The first kappa shape index (κ1) is 23.7. The summed E-state index contributed by atoms with van der Waals surface area (Å²) in [5.74, 6) is 0.665. The van der Waals surface area contributed by atoms with E-state index in [0.717, 1.165) is 41.2 Å². The van der Waals surface area contributed by atoms with Gasteiger partial charge in [0.1, 0.15) is 5.82 Å². The van der Waals surface area contributed by atoms with Gasteiger partial charge in [0, 0.05) is 32.1 Å². The second-order valence-electron chi connectivity index (χ2n) is 9.36. The van der Waals surface area contributed by atoms with E-state index in [2.05, 4.69) is 15.2 Å². The van der Waals surface area contributed by atoms with Crippen LogP contribution in [0.25, 0.3) is 0 Å². The van der Waals surface area contributed by atoms with Crippen molar-refractivity contribution in [2.45, 2.75) is 58.3 Å². The molecule has 0 atom stereocenters. The lowest BCUT2D eigenvalue weighted by molar-refractivity contribution is -0.120. The van der Waals surface area contributed by atoms with E-state index in [1.807, 2.05) is 45.9 Å². The van der Waals surface area contributed by atoms with Crippen molar-refractivity contribution in [1.82, 2.24) is 9.29 Å². The summed E-state index contributed by atoms with van der Waals surface area (Å²) in [7, 11) is -3.60. The highest BCUT2D eigenvalue weighted by Gasteiger charge is 2.34. The third-order valence-corrected chi connectivity index (χ3v) is 9.34. The number of sulfonamides is 1. The zero-order valence-electron chi connectivity index (χ0n) is 20.0. The van der Waals surface area contributed by atoms with Gasteiger partial charge in [0.25, 0.3) is 0 Å². The molecule has 4 rings (SSSR count). The number of nitrogens with one attached hydrogen (secondary N) is 1. The molecule has 0 bridgehead atoms. The fraction of sp³-hybridized carbons (Fsp3) is 0.520. The van der Waals surface area contributed by atoms with Crippen molar-refractivity contribution < 1.29 is 13.2 Å². The number of benzene rings is 1. The van der Waals surface area contributed by atoms with Gasteiger partial charge in [-0.2, -0.15) is 4.31 Å². The van der Waals surface area contributed by atoms with Gasteiger partial charge in [-0.25, -0.2) is 13.4 Å². The summed E-state index contributed by atoms with van der Waals surface area (Å²) in [5, 5.41) is 2.96. The Bertz CT molecular complexity index is 1100. The third-order valence-electron chi connectivity index (χ3n) is 7.17. The fourth-order valence-electron chi connectivity index (χ4n) is 4.89. The smallest absolute Gasteiger partial charge is 0.243 e. The second-order valence-corrected chi connectivity index (χ2v) is 11.2. The highest BCUT2D eigenvalue weighted by atomic mass is 32.2. The van der Waals surface area contributed by atoms with Gasteiger partial charge < -0.3 is 10.2 Å². The van der Waals surface area contributed by atoms with E-state index in [-0.39, 0.29) is 11.8 Å². The van der Waals surface area contributed by atoms with Crippen LogP contribution in [0.4, 0.5) is 11.5 Å². The summed E-state index contributed by atoms with van der Waals surface area (Å²) in [6.45, 7) is 10.4. The first-order valence-electron chi connectivity index (χ1n) is 11.8. The van der Waals surface area contributed by atoms with Gasteiger partial charge >= 0.3 is 0 Å². The number of hydrogen-bond acceptors (Lipinski definition) is 5. The normalized spacial score (nSPS) is 18.0. The molecule has 0 spiro atoms. The lowest BCUT2D eigenvalue weighted by atomic mass is 9.97. The number of rotatable bonds is 5. The molecule has 2 aliphatic heterocycles. The van der Waals surface area contributed by atoms with Gasteiger partial charge in [-0.05, 0) is 87.8 Å². The van der Waals surface area contributed by atoms with Crippen LogP contribution in [0.5, 0.6) is 0 Å². The average Bonchev–Trinajstić information content (AvgIpc) is 3.33. The number of hydrogen-bond donors (Lipinski definition) is 1. The maximum atomic E-state index is 13.5. The number of nitrogens with zero attached hydrogens (tertiary/aromatic N) is 3. The van der Waals surface area contributed by atoms with Gasteiger partial charge in [0.05, 0.1) is 16.8 Å². The number of piperidine rings is 1. The average molecular weight is 471 g/mol. The standard InChI is InChI=1S/C25H34N4O3S/c1-17-15-18(2)20(4)24(19(17)3)33(31,32)29-13-9-21(10-14-29)25(30)27-22-7-8-23(26-16-22)28-11-5-6-12-28/h7-8,15-16,21H,5-6,9-14H2,1-4H3,(H,27,30). The minimum atomic E-state index is -3.60. The van der Waals surface area contributed by atoms with Crippen LogP contribution in [-0.2, 0) is 14.8 Å². The maximum Gasteiger partial charge on any atom is 0.243 e. The van der Waals surface area contributed by atoms with Crippen molar-refractivity contribution in [1.29, 1.82) is 0 Å². The van der Waals surface area contributed by atoms with Gasteiger partial charge in [-0.15, -0.1) is 0 Å². The molecule has 2 aliphatic rings. The number of anilines is 2. The van der Waals surface area contributed by atoms with Crippen LogP contribution in [0.2, 0.25) is 0 Å². The van der Waals surface area contributed by atoms with E-state index in [1.165, 1.54) is 17.1 Å². The number of carbonyl (C=O) groups is 1. The molecule has 8 heteroatoms. The summed E-state index contributed by atoms with van der Waals surface area (Å²) in [5.41, 5.74) is 4.26. The molecule has 33 heavy (non-hydrogen) atoms. The molecule has 3 heterocycles. The van der Waals surface area contributed by atoms with E-state index < -0.39 is 10.0 Å². The summed E-state index contributed by atoms with van der Waals surface area (Å²) in [6.07, 6.45) is 5.10. The summed E-state index contributed by atoms with van der Waals surface area (Å²) in [6, 6.07) is 5.88. The minimum absolute atomic E-state index is 0.0680. The largest absolute Gasteiger partial charge is 0.357 e. The molecule has 2 fully saturated rings. The number of carbonyl (C=O) groups excluding carboxylic acids is 1. The fourth-order valence-corrected chi connectivity index (χ4v) is 6.94. The Balaban J connectivity index is 1.39. The van der Waals surface area contributed by atoms with E-state index in [4.69, 9.17) is 0 Å². The van der Waals surface area contributed by atoms with E-state index in [9.17, 15) is 13.2 Å². The van der Waals surface area contributed by atoms with Crippen LogP contribution < -0.4 is 10.2 Å². The van der Waals surface area contributed by atoms with Gasteiger partial charge in [0.15, 0.2) is 0 Å². The van der Waals surface area contributed by atoms with Gasteiger partial charge in [0.2, 0.25) is 15.9 Å². The van der Waals surface area contributed by atoms with E-state index >= 15 is 0 Å². The summed E-state index contributed by atoms with van der Waals surface area (Å²) >= 11 is 0. The molecule has 7 nitrogen and oxygen atoms in total. The van der Waals surface area contributed by atoms with Crippen LogP contribution in [0, 0.1) is 33.6 Å². The number of aromatic nitrogens is 1. The monoisotopic (exact) mass is 470 g/mol. The molecule has 0 aliphatic carbocycles. The Morgan fingerprint density at radius 3 is 2.12 bits per heavy atom. The van der Waals surface area contributed by atoms with Gasteiger partial charge in [-0.1, -0.05) is 6.07 Å². The number of amides is 1. The minimum Gasteiger partial charge on any atom is -0.357 e. The molecule has 0 radical (unpaired) electrons. The molecule has 1 aromatic carbocycles. The maximum absolute atomic E-state index is 13.5. The first-order valence-corrected chi connectivity index (χ1v) is 13.2. The Kier molecular flexibility index (Phi) is 6.77. The molecule has 0 saturated carbocycles. The molecule has 0 unspecified atom stereocenters. The van der Waals surface area contributed by atoms with Crippen LogP contribution in [-0.4, -0.2) is 49.8 Å². The lowest BCUT2D eigenvalue weighted by Gasteiger charge is -2.31. The van der Waals surface area contributed by atoms with Crippen molar-refractivity contribution in [3.8, 4) is 0 Å². The highest BCUT2D eigenvalue weighted by molar-refractivity contribution is 7.89. The van der Waals surface area contributed by atoms with E-state index in [0.29, 0.717) is 36.5 Å².